The van der Waals surface area contributed by atoms with Gasteiger partial charge in [-0.05, 0) is 49.1 Å². The van der Waals surface area contributed by atoms with E-state index in [1.54, 1.807) is 25.1 Å². The van der Waals surface area contributed by atoms with Crippen molar-refractivity contribution in [1.29, 1.82) is 5.26 Å². The van der Waals surface area contributed by atoms with Crippen molar-refractivity contribution in [3.63, 3.8) is 0 Å². The number of hydrogen-bond donors (Lipinski definition) is 2. The number of carbonyl (C=O) groups is 2. The van der Waals surface area contributed by atoms with Crippen LogP contribution in [0, 0.1) is 23.1 Å². The molecule has 0 saturated heterocycles. The van der Waals surface area contributed by atoms with Gasteiger partial charge in [0, 0.05) is 23.0 Å². The quantitative estimate of drug-likeness (QED) is 0.419. The number of benzene rings is 2. The van der Waals surface area contributed by atoms with Crippen LogP contribution in [0.25, 0.3) is 11.1 Å². The summed E-state index contributed by atoms with van der Waals surface area (Å²) in [6.07, 6.45) is 1.81. The number of H-pyrrole nitrogens is 1. The van der Waals surface area contributed by atoms with Crippen molar-refractivity contribution in [3.8, 4) is 17.2 Å². The van der Waals surface area contributed by atoms with Gasteiger partial charge >= 0.3 is 5.97 Å². The molecule has 2 N–H and O–H groups in total. The molecule has 0 saturated carbocycles. The highest BCUT2D eigenvalue weighted by Gasteiger charge is 2.26. The number of aromatic nitrogens is 3. The summed E-state index contributed by atoms with van der Waals surface area (Å²) in [6, 6.07) is 13.0. The van der Waals surface area contributed by atoms with E-state index >= 15 is 0 Å². The Morgan fingerprint density at radius 3 is 2.68 bits per heavy atom. The first kappa shape index (κ1) is 24.9. The molecule has 1 amide bonds. The zero-order chi connectivity index (χ0) is 24.5. The Labute approximate surface area is 201 Å². The first-order valence-electron chi connectivity index (χ1n) is 10.7. The van der Waals surface area contributed by atoms with Gasteiger partial charge in [-0.15, -0.1) is 0 Å². The van der Waals surface area contributed by atoms with Crippen molar-refractivity contribution in [2.45, 2.75) is 32.2 Å². The molecule has 34 heavy (non-hydrogen) atoms. The second kappa shape index (κ2) is 11.9. The fraction of sp³-hybridized carbons (Fsp3) is 0.292. The Bertz CT molecular complexity index is 1160. The van der Waals surface area contributed by atoms with E-state index in [0.29, 0.717) is 22.6 Å². The lowest BCUT2D eigenvalue weighted by Gasteiger charge is -2.22. The molecular weight excluding hydrogens is 461 g/mol. The number of amides is 1. The van der Waals surface area contributed by atoms with Crippen LogP contribution in [0.15, 0.2) is 48.7 Å². The Kier molecular flexibility index (Phi) is 8.71. The highest BCUT2D eigenvalue weighted by atomic mass is 35.5. The van der Waals surface area contributed by atoms with Crippen molar-refractivity contribution < 1.29 is 18.7 Å². The minimum Gasteiger partial charge on any atom is -0.466 e. The molecule has 10 heteroatoms. The zero-order valence-corrected chi connectivity index (χ0v) is 19.2. The van der Waals surface area contributed by atoms with Crippen LogP contribution in [-0.4, -0.2) is 39.9 Å². The molecule has 176 valence electrons. The minimum absolute atomic E-state index is 0.0395. The number of hydrogen-bond acceptors (Lipinski definition) is 6. The van der Waals surface area contributed by atoms with Gasteiger partial charge in [-0.3, -0.25) is 9.59 Å². The van der Waals surface area contributed by atoms with Gasteiger partial charge in [0.05, 0.1) is 24.8 Å². The van der Waals surface area contributed by atoms with Gasteiger partial charge in [0.15, 0.2) is 5.69 Å². The summed E-state index contributed by atoms with van der Waals surface area (Å²) in [7, 11) is 0. The van der Waals surface area contributed by atoms with Gasteiger partial charge < -0.3 is 10.1 Å². The average molecular weight is 484 g/mol. The number of nitrogens with one attached hydrogen (secondary N) is 2. The van der Waals surface area contributed by atoms with E-state index in [9.17, 15) is 14.0 Å². The number of halogens is 2. The number of rotatable bonds is 10. The van der Waals surface area contributed by atoms with Crippen LogP contribution < -0.4 is 5.32 Å². The van der Waals surface area contributed by atoms with Crippen LogP contribution in [0.2, 0.25) is 5.02 Å². The van der Waals surface area contributed by atoms with E-state index in [2.05, 4.69) is 20.7 Å². The van der Waals surface area contributed by atoms with E-state index in [1.165, 1.54) is 18.3 Å². The van der Waals surface area contributed by atoms with Gasteiger partial charge in [-0.2, -0.15) is 20.7 Å². The molecule has 2 aromatic carbocycles. The highest BCUT2D eigenvalue weighted by molar-refractivity contribution is 6.30. The van der Waals surface area contributed by atoms with Crippen molar-refractivity contribution in [1.82, 2.24) is 20.7 Å². The number of aromatic amines is 1. The van der Waals surface area contributed by atoms with Crippen LogP contribution in [0.4, 0.5) is 4.39 Å². The average Bonchev–Trinajstić information content (AvgIpc) is 3.36. The fourth-order valence-corrected chi connectivity index (χ4v) is 3.74. The van der Waals surface area contributed by atoms with Crippen molar-refractivity contribution in [2.75, 3.05) is 6.61 Å². The maximum atomic E-state index is 14.2. The Balaban J connectivity index is 1.81. The topological polar surface area (TPSA) is 121 Å². The SMILES string of the molecule is CCOC(=O)C(CC#N)C[C@@H](Cc1ccc(-c2cc(Cl)ccc2F)cc1)NC(=O)c1cn[nH]n1. The van der Waals surface area contributed by atoms with Gasteiger partial charge in [0.1, 0.15) is 5.82 Å². The molecule has 2 atom stereocenters. The van der Waals surface area contributed by atoms with Gasteiger partial charge in [0.25, 0.3) is 5.91 Å². The predicted octanol–water partition coefficient (Wildman–Crippen LogP) is 4.09. The lowest BCUT2D eigenvalue weighted by molar-refractivity contribution is -0.148. The summed E-state index contributed by atoms with van der Waals surface area (Å²) in [5.74, 6) is -2.04. The molecule has 0 aliphatic carbocycles. The third kappa shape index (κ3) is 6.62. The number of nitrogens with zero attached hydrogens (tertiary/aromatic N) is 3. The largest absolute Gasteiger partial charge is 0.466 e. The first-order chi connectivity index (χ1) is 16.4. The molecule has 1 unspecified atom stereocenters. The Morgan fingerprint density at radius 2 is 2.03 bits per heavy atom. The minimum atomic E-state index is -0.701. The lowest BCUT2D eigenvalue weighted by atomic mass is 9.92. The molecule has 1 heterocycles. The van der Waals surface area contributed by atoms with E-state index < -0.39 is 23.8 Å². The summed E-state index contributed by atoms with van der Waals surface area (Å²) in [5, 5.41) is 22.2. The Hall–Kier alpha value is -3.77. The standard InChI is InChI=1S/C24H23ClFN5O3/c1-2-34-24(33)17(9-10-27)12-19(29-23(32)22-14-28-31-30-22)11-15-3-5-16(6-4-15)20-13-18(25)7-8-21(20)26/h3-8,13-14,17,19H,2,9,11-12H2,1H3,(H,29,32)(H,28,30,31)/t17?,19-/m1/s1. The highest BCUT2D eigenvalue weighted by Crippen LogP contribution is 2.27. The van der Waals surface area contributed by atoms with Gasteiger partial charge in [0.2, 0.25) is 0 Å². The number of nitriles is 1. The maximum Gasteiger partial charge on any atom is 0.310 e. The summed E-state index contributed by atoms with van der Waals surface area (Å²) in [6.45, 7) is 1.88. The molecule has 0 spiro atoms. The van der Waals surface area contributed by atoms with Crippen LogP contribution in [0.5, 0.6) is 0 Å². The molecule has 0 radical (unpaired) electrons. The van der Waals surface area contributed by atoms with Gasteiger partial charge in [-0.25, -0.2) is 4.39 Å². The van der Waals surface area contributed by atoms with Crippen LogP contribution in [0.1, 0.15) is 35.8 Å². The molecule has 3 aromatic rings. The smallest absolute Gasteiger partial charge is 0.310 e. The number of ether oxygens (including phenoxy) is 1. The number of carbonyl (C=O) groups excluding carboxylic acids is 2. The summed E-state index contributed by atoms with van der Waals surface area (Å²) in [4.78, 5) is 24.9. The second-order valence-electron chi connectivity index (χ2n) is 7.60. The monoisotopic (exact) mass is 483 g/mol. The van der Waals surface area contributed by atoms with E-state index in [-0.39, 0.29) is 31.0 Å². The molecular formula is C24H23ClFN5O3. The molecule has 1 aromatic heterocycles. The van der Waals surface area contributed by atoms with Crippen LogP contribution in [-0.2, 0) is 16.0 Å². The maximum absolute atomic E-state index is 14.2. The van der Waals surface area contributed by atoms with E-state index in [4.69, 9.17) is 21.6 Å². The van der Waals surface area contributed by atoms with E-state index in [1.807, 2.05) is 18.2 Å². The Morgan fingerprint density at radius 1 is 1.26 bits per heavy atom. The molecule has 8 nitrogen and oxygen atoms in total. The van der Waals surface area contributed by atoms with Crippen LogP contribution >= 0.6 is 11.6 Å². The molecule has 0 aliphatic rings. The third-order valence-corrected chi connectivity index (χ3v) is 5.42. The third-order valence-electron chi connectivity index (χ3n) is 5.18. The van der Waals surface area contributed by atoms with Crippen molar-refractivity contribution >= 4 is 23.5 Å². The molecule has 0 aliphatic heterocycles. The second-order valence-corrected chi connectivity index (χ2v) is 8.03. The first-order valence-corrected chi connectivity index (χ1v) is 11.0. The predicted molar refractivity (Wildman–Crippen MR) is 123 cm³/mol. The fourth-order valence-electron chi connectivity index (χ4n) is 3.56. The lowest BCUT2D eigenvalue weighted by Crippen LogP contribution is -2.39. The summed E-state index contributed by atoms with van der Waals surface area (Å²) in [5.41, 5.74) is 1.98. The number of esters is 1. The molecule has 0 fully saturated rings. The van der Waals surface area contributed by atoms with Crippen molar-refractivity contribution in [2.24, 2.45) is 5.92 Å². The normalized spacial score (nSPS) is 12.4. The zero-order valence-electron chi connectivity index (χ0n) is 18.4. The van der Waals surface area contributed by atoms with Gasteiger partial charge in [-0.1, -0.05) is 35.9 Å². The summed E-state index contributed by atoms with van der Waals surface area (Å²) < 4.78 is 19.3. The van der Waals surface area contributed by atoms with Crippen LogP contribution in [0.3, 0.4) is 0 Å². The molecule has 3 rings (SSSR count). The van der Waals surface area contributed by atoms with Crippen molar-refractivity contribution in [3.05, 3.63) is 70.8 Å². The summed E-state index contributed by atoms with van der Waals surface area (Å²) >= 11 is 6.00. The molecule has 0 bridgehead atoms. The van der Waals surface area contributed by atoms with E-state index in [0.717, 1.165) is 5.56 Å².